The van der Waals surface area contributed by atoms with E-state index in [4.69, 9.17) is 5.73 Å². The van der Waals surface area contributed by atoms with Crippen LogP contribution < -0.4 is 5.73 Å². The molecule has 0 aliphatic rings. The van der Waals surface area contributed by atoms with Gasteiger partial charge >= 0.3 is 0 Å². The zero-order chi connectivity index (χ0) is 15.8. The summed E-state index contributed by atoms with van der Waals surface area (Å²) in [5, 5.41) is 0. The normalized spacial score (nSPS) is 11.8. The summed E-state index contributed by atoms with van der Waals surface area (Å²) in [5.41, 5.74) is 9.14. The van der Waals surface area contributed by atoms with Crippen LogP contribution in [0.4, 0.5) is 0 Å². The molecule has 0 aromatic heterocycles. The number of nitrogens with zero attached hydrogens (tertiary/aromatic N) is 1. The molecule has 22 heavy (non-hydrogen) atoms. The Bertz CT molecular complexity index is 491. The Morgan fingerprint density at radius 2 is 1.18 bits per heavy atom. The van der Waals surface area contributed by atoms with E-state index in [1.807, 2.05) is 0 Å². The van der Waals surface area contributed by atoms with Crippen molar-refractivity contribution in [1.82, 2.24) is 4.90 Å². The van der Waals surface area contributed by atoms with Gasteiger partial charge in [0.25, 0.3) is 0 Å². The van der Waals surface area contributed by atoms with Gasteiger partial charge in [-0.15, -0.1) is 0 Å². The zero-order valence-corrected chi connectivity index (χ0v) is 13.8. The highest BCUT2D eigenvalue weighted by Crippen LogP contribution is 2.18. The lowest BCUT2D eigenvalue weighted by molar-refractivity contribution is 0.184. The Morgan fingerprint density at radius 3 is 1.55 bits per heavy atom. The van der Waals surface area contributed by atoms with Crippen molar-refractivity contribution in [2.24, 2.45) is 5.73 Å². The molecule has 2 aromatic carbocycles. The van der Waals surface area contributed by atoms with Crippen LogP contribution in [0.5, 0.6) is 0 Å². The van der Waals surface area contributed by atoms with Gasteiger partial charge in [0.2, 0.25) is 0 Å². The SMILES string of the molecule is CCC(N)(CC)CN(Cc1ccccc1)Cc1ccccc1. The van der Waals surface area contributed by atoms with Crippen molar-refractivity contribution in [2.75, 3.05) is 6.54 Å². The summed E-state index contributed by atoms with van der Waals surface area (Å²) >= 11 is 0. The molecule has 0 aliphatic carbocycles. The smallest absolute Gasteiger partial charge is 0.0278 e. The Kier molecular flexibility index (Phi) is 6.17. The third-order valence-corrected chi connectivity index (χ3v) is 4.44. The Labute approximate surface area is 135 Å². The van der Waals surface area contributed by atoms with E-state index in [1.165, 1.54) is 11.1 Å². The molecule has 0 bridgehead atoms. The van der Waals surface area contributed by atoms with Gasteiger partial charge in [-0.25, -0.2) is 0 Å². The van der Waals surface area contributed by atoms with Crippen LogP contribution in [-0.2, 0) is 13.1 Å². The highest BCUT2D eigenvalue weighted by atomic mass is 15.1. The number of rotatable bonds is 8. The van der Waals surface area contributed by atoms with Gasteiger partial charge in [0.05, 0.1) is 0 Å². The third kappa shape index (κ3) is 4.97. The van der Waals surface area contributed by atoms with Gasteiger partial charge < -0.3 is 5.73 Å². The second-order valence-electron chi connectivity index (χ2n) is 6.19. The van der Waals surface area contributed by atoms with Gasteiger partial charge in [-0.2, -0.15) is 0 Å². The average molecular weight is 296 g/mol. The van der Waals surface area contributed by atoms with E-state index in [9.17, 15) is 0 Å². The minimum atomic E-state index is -0.108. The summed E-state index contributed by atoms with van der Waals surface area (Å²) in [4.78, 5) is 2.47. The Morgan fingerprint density at radius 1 is 0.773 bits per heavy atom. The predicted octanol–water partition coefficient (Wildman–Crippen LogP) is 4.21. The van der Waals surface area contributed by atoms with Crippen LogP contribution in [0.3, 0.4) is 0 Å². The van der Waals surface area contributed by atoms with Crippen molar-refractivity contribution in [3.63, 3.8) is 0 Å². The second-order valence-corrected chi connectivity index (χ2v) is 6.19. The van der Waals surface area contributed by atoms with Gasteiger partial charge in [-0.3, -0.25) is 4.90 Å². The molecule has 0 atom stereocenters. The van der Waals surface area contributed by atoms with E-state index < -0.39 is 0 Å². The molecule has 0 heterocycles. The van der Waals surface area contributed by atoms with E-state index in [1.54, 1.807) is 0 Å². The fraction of sp³-hybridized carbons (Fsp3) is 0.400. The molecular weight excluding hydrogens is 268 g/mol. The van der Waals surface area contributed by atoms with Crippen molar-refractivity contribution in [2.45, 2.75) is 45.3 Å². The largest absolute Gasteiger partial charge is 0.324 e. The molecule has 118 valence electrons. The van der Waals surface area contributed by atoms with E-state index in [0.717, 1.165) is 32.5 Å². The summed E-state index contributed by atoms with van der Waals surface area (Å²) < 4.78 is 0. The molecule has 2 nitrogen and oxygen atoms in total. The van der Waals surface area contributed by atoms with Gasteiger partial charge in [-0.05, 0) is 24.0 Å². The highest BCUT2D eigenvalue weighted by molar-refractivity contribution is 5.17. The molecule has 0 aliphatic heterocycles. The summed E-state index contributed by atoms with van der Waals surface area (Å²) in [6, 6.07) is 21.3. The molecule has 0 unspecified atom stereocenters. The first-order valence-corrected chi connectivity index (χ1v) is 8.24. The van der Waals surface area contributed by atoms with Crippen LogP contribution in [0.25, 0.3) is 0 Å². The van der Waals surface area contributed by atoms with Crippen LogP contribution in [0.2, 0.25) is 0 Å². The van der Waals surface area contributed by atoms with Crippen molar-refractivity contribution < 1.29 is 0 Å². The minimum absolute atomic E-state index is 0.108. The average Bonchev–Trinajstić information content (AvgIpc) is 2.56. The maximum absolute atomic E-state index is 6.56. The molecule has 2 aromatic rings. The topological polar surface area (TPSA) is 29.3 Å². The molecular formula is C20H28N2. The van der Waals surface area contributed by atoms with Crippen molar-refractivity contribution in [3.05, 3.63) is 71.8 Å². The summed E-state index contributed by atoms with van der Waals surface area (Å²) in [6.45, 7) is 7.17. The molecule has 2 heteroatoms. The van der Waals surface area contributed by atoms with Crippen molar-refractivity contribution in [1.29, 1.82) is 0 Å². The zero-order valence-electron chi connectivity index (χ0n) is 13.8. The first-order valence-electron chi connectivity index (χ1n) is 8.24. The number of nitrogens with two attached hydrogens (primary N) is 1. The van der Waals surface area contributed by atoms with Gasteiger partial charge in [0, 0.05) is 25.2 Å². The molecule has 0 amide bonds. The highest BCUT2D eigenvalue weighted by Gasteiger charge is 2.24. The molecule has 0 spiro atoms. The Hall–Kier alpha value is -1.64. The molecule has 0 saturated carbocycles. The molecule has 2 N–H and O–H groups in total. The maximum Gasteiger partial charge on any atom is 0.0278 e. The molecule has 0 saturated heterocycles. The monoisotopic (exact) mass is 296 g/mol. The van der Waals surface area contributed by atoms with Crippen molar-refractivity contribution >= 4 is 0 Å². The quantitative estimate of drug-likeness (QED) is 0.791. The molecule has 0 radical (unpaired) electrons. The van der Waals surface area contributed by atoms with Crippen molar-refractivity contribution in [3.8, 4) is 0 Å². The first-order chi connectivity index (χ1) is 10.6. The van der Waals surface area contributed by atoms with Crippen LogP contribution in [0.15, 0.2) is 60.7 Å². The van der Waals surface area contributed by atoms with Gasteiger partial charge in [0.15, 0.2) is 0 Å². The van der Waals surface area contributed by atoms with Crippen LogP contribution in [0.1, 0.15) is 37.8 Å². The van der Waals surface area contributed by atoms with E-state index in [2.05, 4.69) is 79.4 Å². The lowest BCUT2D eigenvalue weighted by Gasteiger charge is -2.34. The lowest BCUT2D eigenvalue weighted by atomic mass is 9.93. The van der Waals surface area contributed by atoms with E-state index >= 15 is 0 Å². The lowest BCUT2D eigenvalue weighted by Crippen LogP contribution is -2.48. The second kappa shape index (κ2) is 8.11. The van der Waals surface area contributed by atoms with Gasteiger partial charge in [0.1, 0.15) is 0 Å². The minimum Gasteiger partial charge on any atom is -0.324 e. The van der Waals surface area contributed by atoms with E-state index in [-0.39, 0.29) is 5.54 Å². The number of benzene rings is 2. The van der Waals surface area contributed by atoms with Crippen LogP contribution in [-0.4, -0.2) is 17.0 Å². The maximum atomic E-state index is 6.56. The van der Waals surface area contributed by atoms with E-state index in [0.29, 0.717) is 0 Å². The van der Waals surface area contributed by atoms with Crippen LogP contribution in [0, 0.1) is 0 Å². The fourth-order valence-electron chi connectivity index (χ4n) is 2.77. The Balaban J connectivity index is 2.13. The summed E-state index contributed by atoms with van der Waals surface area (Å²) in [6.07, 6.45) is 2.01. The standard InChI is InChI=1S/C20H28N2/c1-3-20(21,4-2)17-22(15-18-11-7-5-8-12-18)16-19-13-9-6-10-14-19/h5-14H,3-4,15-17,21H2,1-2H3. The number of hydrogen-bond donors (Lipinski definition) is 1. The fourth-order valence-corrected chi connectivity index (χ4v) is 2.77. The first kappa shape index (κ1) is 16.7. The number of hydrogen-bond acceptors (Lipinski definition) is 2. The molecule has 2 rings (SSSR count). The van der Waals surface area contributed by atoms with Gasteiger partial charge in [-0.1, -0.05) is 74.5 Å². The summed E-state index contributed by atoms with van der Waals surface area (Å²) in [7, 11) is 0. The predicted molar refractivity (Wildman–Crippen MR) is 94.5 cm³/mol. The molecule has 0 fully saturated rings. The third-order valence-electron chi connectivity index (χ3n) is 4.44. The van der Waals surface area contributed by atoms with Crippen LogP contribution >= 0.6 is 0 Å². The summed E-state index contributed by atoms with van der Waals surface area (Å²) in [5.74, 6) is 0.